The number of anilines is 1. The Kier molecular flexibility index (Phi) is 5.38. The highest BCUT2D eigenvalue weighted by molar-refractivity contribution is 6.35. The molecule has 3 aromatic rings. The van der Waals surface area contributed by atoms with Gasteiger partial charge in [-0.25, -0.2) is 4.79 Å². The Morgan fingerprint density at radius 2 is 2.00 bits per heavy atom. The predicted octanol–water partition coefficient (Wildman–Crippen LogP) is 3.07. The lowest BCUT2D eigenvalue weighted by Crippen LogP contribution is -2.38. The van der Waals surface area contributed by atoms with Gasteiger partial charge < -0.3 is 24.9 Å². The van der Waals surface area contributed by atoms with Gasteiger partial charge in [-0.05, 0) is 42.5 Å². The van der Waals surface area contributed by atoms with Gasteiger partial charge in [0.05, 0.1) is 24.4 Å². The molecule has 0 unspecified atom stereocenters. The van der Waals surface area contributed by atoms with Crippen molar-refractivity contribution in [3.05, 3.63) is 59.3 Å². The van der Waals surface area contributed by atoms with Crippen molar-refractivity contribution in [2.45, 2.75) is 0 Å². The molecule has 3 heterocycles. The summed E-state index contributed by atoms with van der Waals surface area (Å²) in [5, 5.41) is 12.9. The number of hydrogen-bond acceptors (Lipinski definition) is 5. The quantitative estimate of drug-likeness (QED) is 0.516. The molecule has 32 heavy (non-hydrogen) atoms. The highest BCUT2D eigenvalue weighted by Crippen LogP contribution is 2.34. The standard InChI is InChI=1S/C24H23N3O5/c28-23-20(19-3-1-15(24(29)30)13-22(19)26-23)14-17-11-16-12-18(2-4-21(16)25-17)32-10-7-27-5-8-31-9-6-27/h1-4,11-14,25H,5-10H2,(H,26,28)(H,29,30)/b20-14+. The number of carboxylic acids is 1. The maximum atomic E-state index is 12.5. The van der Waals surface area contributed by atoms with Gasteiger partial charge in [0, 0.05) is 47.5 Å². The van der Waals surface area contributed by atoms with Crippen molar-refractivity contribution in [3.8, 4) is 5.75 Å². The number of carbonyl (C=O) groups is 2. The van der Waals surface area contributed by atoms with Crippen molar-refractivity contribution in [1.29, 1.82) is 0 Å². The summed E-state index contributed by atoms with van der Waals surface area (Å²) in [7, 11) is 0. The van der Waals surface area contributed by atoms with Crippen LogP contribution in [0.3, 0.4) is 0 Å². The summed E-state index contributed by atoms with van der Waals surface area (Å²) in [4.78, 5) is 29.3. The van der Waals surface area contributed by atoms with E-state index >= 15 is 0 Å². The Morgan fingerprint density at radius 3 is 2.81 bits per heavy atom. The number of hydrogen-bond donors (Lipinski definition) is 3. The van der Waals surface area contributed by atoms with Crippen LogP contribution in [-0.4, -0.2) is 66.3 Å². The second kappa shape index (κ2) is 8.49. The van der Waals surface area contributed by atoms with Crippen molar-refractivity contribution in [1.82, 2.24) is 9.88 Å². The van der Waals surface area contributed by atoms with Crippen molar-refractivity contribution in [2.24, 2.45) is 0 Å². The number of aromatic amines is 1. The molecular formula is C24H23N3O5. The van der Waals surface area contributed by atoms with Crippen molar-refractivity contribution in [3.63, 3.8) is 0 Å². The minimum atomic E-state index is -1.03. The molecule has 0 radical (unpaired) electrons. The predicted molar refractivity (Wildman–Crippen MR) is 121 cm³/mol. The molecular weight excluding hydrogens is 410 g/mol. The number of H-pyrrole nitrogens is 1. The fourth-order valence-electron chi connectivity index (χ4n) is 4.04. The van der Waals surface area contributed by atoms with E-state index in [4.69, 9.17) is 14.6 Å². The van der Waals surface area contributed by atoms with Crippen LogP contribution in [0.2, 0.25) is 0 Å². The van der Waals surface area contributed by atoms with Crippen LogP contribution in [0.1, 0.15) is 21.6 Å². The Labute approximate surface area is 184 Å². The molecule has 1 aromatic heterocycles. The van der Waals surface area contributed by atoms with Gasteiger partial charge in [0.2, 0.25) is 0 Å². The summed E-state index contributed by atoms with van der Waals surface area (Å²) < 4.78 is 11.3. The summed E-state index contributed by atoms with van der Waals surface area (Å²) in [6.45, 7) is 4.90. The van der Waals surface area contributed by atoms with Gasteiger partial charge in [0.25, 0.3) is 5.91 Å². The van der Waals surface area contributed by atoms with Gasteiger partial charge in [0.1, 0.15) is 12.4 Å². The lowest BCUT2D eigenvalue weighted by Gasteiger charge is -2.26. The molecule has 0 saturated carbocycles. The number of rotatable bonds is 6. The van der Waals surface area contributed by atoms with E-state index in [0.717, 1.165) is 55.2 Å². The fraction of sp³-hybridized carbons (Fsp3) is 0.250. The molecule has 0 spiro atoms. The molecule has 1 fully saturated rings. The second-order valence-electron chi connectivity index (χ2n) is 7.85. The number of amides is 1. The molecule has 1 saturated heterocycles. The number of morpholine rings is 1. The molecule has 164 valence electrons. The average Bonchev–Trinajstić information content (AvgIpc) is 3.33. The Bertz CT molecular complexity index is 1220. The van der Waals surface area contributed by atoms with Gasteiger partial charge in [-0.2, -0.15) is 0 Å². The van der Waals surface area contributed by atoms with E-state index in [2.05, 4.69) is 15.2 Å². The number of ether oxygens (including phenoxy) is 2. The van der Waals surface area contributed by atoms with Gasteiger partial charge in [-0.3, -0.25) is 9.69 Å². The van der Waals surface area contributed by atoms with Gasteiger partial charge in [-0.15, -0.1) is 0 Å². The summed E-state index contributed by atoms with van der Waals surface area (Å²) in [6, 6.07) is 12.5. The Balaban J connectivity index is 1.32. The smallest absolute Gasteiger partial charge is 0.335 e. The summed E-state index contributed by atoms with van der Waals surface area (Å²) in [5.41, 5.74) is 3.55. The van der Waals surface area contributed by atoms with E-state index in [-0.39, 0.29) is 11.5 Å². The average molecular weight is 433 g/mol. The van der Waals surface area contributed by atoms with Crippen LogP contribution in [-0.2, 0) is 9.53 Å². The first-order chi connectivity index (χ1) is 15.6. The van der Waals surface area contributed by atoms with E-state index in [1.807, 2.05) is 24.3 Å². The van der Waals surface area contributed by atoms with Crippen LogP contribution in [0.15, 0.2) is 42.5 Å². The maximum Gasteiger partial charge on any atom is 0.335 e. The lowest BCUT2D eigenvalue weighted by atomic mass is 10.0. The third-order valence-corrected chi connectivity index (χ3v) is 5.74. The highest BCUT2D eigenvalue weighted by Gasteiger charge is 2.25. The molecule has 2 aliphatic heterocycles. The van der Waals surface area contributed by atoms with E-state index in [9.17, 15) is 9.59 Å². The first kappa shape index (κ1) is 20.3. The molecule has 2 aliphatic rings. The molecule has 8 nitrogen and oxygen atoms in total. The number of carboxylic acid groups (broad SMARTS) is 1. The third kappa shape index (κ3) is 4.10. The van der Waals surface area contributed by atoms with Crippen molar-refractivity contribution >= 4 is 40.1 Å². The molecule has 0 bridgehead atoms. The van der Waals surface area contributed by atoms with Crippen LogP contribution in [0.25, 0.3) is 22.6 Å². The number of aromatic carboxylic acids is 1. The number of aromatic nitrogens is 1. The number of carbonyl (C=O) groups excluding carboxylic acids is 1. The number of nitrogens with one attached hydrogen (secondary N) is 2. The summed E-state index contributed by atoms with van der Waals surface area (Å²) >= 11 is 0. The highest BCUT2D eigenvalue weighted by atomic mass is 16.5. The third-order valence-electron chi connectivity index (χ3n) is 5.74. The first-order valence-electron chi connectivity index (χ1n) is 10.5. The minimum absolute atomic E-state index is 0.136. The maximum absolute atomic E-state index is 12.5. The van der Waals surface area contributed by atoms with E-state index < -0.39 is 5.97 Å². The second-order valence-corrected chi connectivity index (χ2v) is 7.85. The molecule has 5 rings (SSSR count). The topological polar surface area (TPSA) is 104 Å². The van der Waals surface area contributed by atoms with E-state index in [0.29, 0.717) is 23.4 Å². The number of benzene rings is 2. The number of fused-ring (bicyclic) bond motifs is 2. The SMILES string of the molecule is O=C1Nc2cc(C(=O)O)ccc2/C1=C\c1cc2cc(OCCN3CCOCC3)ccc2[nH]1. The largest absolute Gasteiger partial charge is 0.492 e. The molecule has 0 atom stereocenters. The Morgan fingerprint density at radius 1 is 1.16 bits per heavy atom. The monoisotopic (exact) mass is 433 g/mol. The normalized spacial score (nSPS) is 17.5. The van der Waals surface area contributed by atoms with Crippen molar-refractivity contribution in [2.75, 3.05) is 44.8 Å². The van der Waals surface area contributed by atoms with Crippen LogP contribution < -0.4 is 10.1 Å². The van der Waals surface area contributed by atoms with Gasteiger partial charge in [-0.1, -0.05) is 6.07 Å². The molecule has 2 aromatic carbocycles. The van der Waals surface area contributed by atoms with E-state index in [1.54, 1.807) is 12.1 Å². The van der Waals surface area contributed by atoms with Gasteiger partial charge >= 0.3 is 5.97 Å². The van der Waals surface area contributed by atoms with Crippen LogP contribution in [0.4, 0.5) is 5.69 Å². The van der Waals surface area contributed by atoms with Crippen LogP contribution in [0, 0.1) is 0 Å². The lowest BCUT2D eigenvalue weighted by molar-refractivity contribution is -0.110. The summed E-state index contributed by atoms with van der Waals surface area (Å²) in [6.07, 6.45) is 1.78. The van der Waals surface area contributed by atoms with E-state index in [1.165, 1.54) is 12.1 Å². The molecule has 1 amide bonds. The zero-order chi connectivity index (χ0) is 22.1. The molecule has 0 aliphatic carbocycles. The number of nitrogens with zero attached hydrogens (tertiary/aromatic N) is 1. The molecule has 8 heteroatoms. The summed E-state index contributed by atoms with van der Waals surface area (Å²) in [5.74, 6) is -0.486. The van der Waals surface area contributed by atoms with Crippen LogP contribution in [0.5, 0.6) is 5.75 Å². The fourth-order valence-corrected chi connectivity index (χ4v) is 4.04. The zero-order valence-electron chi connectivity index (χ0n) is 17.4. The zero-order valence-corrected chi connectivity index (χ0v) is 17.4. The van der Waals surface area contributed by atoms with Crippen molar-refractivity contribution < 1.29 is 24.2 Å². The first-order valence-corrected chi connectivity index (χ1v) is 10.5. The molecule has 3 N–H and O–H groups in total. The van der Waals surface area contributed by atoms with Gasteiger partial charge in [0.15, 0.2) is 0 Å². The minimum Gasteiger partial charge on any atom is -0.492 e. The van der Waals surface area contributed by atoms with Crippen LogP contribution >= 0.6 is 0 Å². The Hall–Kier alpha value is -3.62.